The van der Waals surface area contributed by atoms with Crippen LogP contribution in [0, 0.1) is 11.8 Å². The van der Waals surface area contributed by atoms with Crippen LogP contribution >= 0.6 is 0 Å². The number of carbonyl (C=O) groups excluding carboxylic acids is 3. The third kappa shape index (κ3) is 8.13. The molecule has 1 saturated heterocycles. The van der Waals surface area contributed by atoms with Crippen molar-refractivity contribution < 1.29 is 19.1 Å². The van der Waals surface area contributed by atoms with Crippen molar-refractivity contribution in [3.8, 4) is 0 Å². The van der Waals surface area contributed by atoms with E-state index in [0.717, 1.165) is 25.8 Å². The lowest BCUT2D eigenvalue weighted by Gasteiger charge is -2.39. The zero-order chi connectivity index (χ0) is 25.3. The lowest BCUT2D eigenvalue weighted by Crippen LogP contribution is -2.59. The SMILES string of the molecule is CCOC(=O)/C(C)=C/C(C(C)C)N(CC)C(=O)C(NC(=O)C1CCCCN1C(C)C)C(C)C. The summed E-state index contributed by atoms with van der Waals surface area (Å²) in [6, 6.07) is -0.810. The highest BCUT2D eigenvalue weighted by Gasteiger charge is 2.36. The molecular formula is C26H47N3O4. The topological polar surface area (TPSA) is 79.0 Å². The molecule has 0 aliphatic carbocycles. The molecule has 1 heterocycles. The summed E-state index contributed by atoms with van der Waals surface area (Å²) < 4.78 is 5.12. The fourth-order valence-electron chi connectivity index (χ4n) is 4.52. The maximum Gasteiger partial charge on any atom is 0.333 e. The van der Waals surface area contributed by atoms with Gasteiger partial charge >= 0.3 is 5.97 Å². The number of nitrogens with one attached hydrogen (secondary N) is 1. The van der Waals surface area contributed by atoms with Gasteiger partial charge in [-0.2, -0.15) is 0 Å². The predicted molar refractivity (Wildman–Crippen MR) is 133 cm³/mol. The third-order valence-electron chi connectivity index (χ3n) is 6.43. The number of hydrogen-bond donors (Lipinski definition) is 1. The van der Waals surface area contributed by atoms with Gasteiger partial charge in [-0.05, 0) is 65.8 Å². The van der Waals surface area contributed by atoms with Crippen molar-refractivity contribution in [2.75, 3.05) is 19.7 Å². The largest absolute Gasteiger partial charge is 0.463 e. The van der Waals surface area contributed by atoms with Crippen molar-refractivity contribution in [1.82, 2.24) is 15.1 Å². The minimum atomic E-state index is -0.620. The highest BCUT2D eigenvalue weighted by Crippen LogP contribution is 2.22. The van der Waals surface area contributed by atoms with Crippen LogP contribution in [-0.4, -0.2) is 71.4 Å². The molecule has 1 aliphatic rings. The minimum Gasteiger partial charge on any atom is -0.463 e. The zero-order valence-electron chi connectivity index (χ0n) is 22.3. The maximum absolute atomic E-state index is 13.7. The maximum atomic E-state index is 13.7. The van der Waals surface area contributed by atoms with Gasteiger partial charge in [-0.15, -0.1) is 0 Å². The van der Waals surface area contributed by atoms with Crippen LogP contribution in [0.25, 0.3) is 0 Å². The number of ether oxygens (including phenoxy) is 1. The molecule has 1 N–H and O–H groups in total. The van der Waals surface area contributed by atoms with Crippen LogP contribution in [0.3, 0.4) is 0 Å². The first-order chi connectivity index (χ1) is 15.5. The smallest absolute Gasteiger partial charge is 0.333 e. The van der Waals surface area contributed by atoms with Crippen LogP contribution in [0.5, 0.6) is 0 Å². The molecule has 33 heavy (non-hydrogen) atoms. The number of carbonyl (C=O) groups is 3. The fourth-order valence-corrected chi connectivity index (χ4v) is 4.52. The van der Waals surface area contributed by atoms with Gasteiger partial charge in [0.05, 0.1) is 18.7 Å². The van der Waals surface area contributed by atoms with Gasteiger partial charge < -0.3 is 15.0 Å². The van der Waals surface area contributed by atoms with Crippen LogP contribution in [0.15, 0.2) is 11.6 Å². The normalized spacial score (nSPS) is 19.5. The molecule has 0 bridgehead atoms. The van der Waals surface area contributed by atoms with E-state index in [1.54, 1.807) is 18.7 Å². The van der Waals surface area contributed by atoms with Crippen molar-refractivity contribution >= 4 is 17.8 Å². The molecule has 1 aliphatic heterocycles. The van der Waals surface area contributed by atoms with E-state index in [0.29, 0.717) is 18.7 Å². The first kappa shape index (κ1) is 29.1. The highest BCUT2D eigenvalue weighted by molar-refractivity contribution is 5.91. The van der Waals surface area contributed by atoms with E-state index >= 15 is 0 Å². The van der Waals surface area contributed by atoms with Crippen LogP contribution in [0.1, 0.15) is 81.6 Å². The van der Waals surface area contributed by atoms with Crippen molar-refractivity contribution in [2.45, 2.75) is 106 Å². The molecule has 190 valence electrons. The van der Waals surface area contributed by atoms with Gasteiger partial charge in [-0.25, -0.2) is 4.79 Å². The summed E-state index contributed by atoms with van der Waals surface area (Å²) in [5.74, 6) is -0.511. The summed E-state index contributed by atoms with van der Waals surface area (Å²) in [6.07, 6.45) is 4.76. The second-order valence-corrected chi connectivity index (χ2v) is 10.0. The summed E-state index contributed by atoms with van der Waals surface area (Å²) in [5.41, 5.74) is 0.488. The second-order valence-electron chi connectivity index (χ2n) is 10.0. The van der Waals surface area contributed by atoms with E-state index in [1.165, 1.54) is 0 Å². The van der Waals surface area contributed by atoms with Gasteiger partial charge in [0.1, 0.15) is 6.04 Å². The van der Waals surface area contributed by atoms with Gasteiger partial charge in [-0.3, -0.25) is 14.5 Å². The number of amides is 2. The minimum absolute atomic E-state index is 0.0606. The van der Waals surface area contributed by atoms with Crippen molar-refractivity contribution in [3.63, 3.8) is 0 Å². The summed E-state index contributed by atoms with van der Waals surface area (Å²) in [5, 5.41) is 3.09. The summed E-state index contributed by atoms with van der Waals surface area (Å²) in [4.78, 5) is 43.2. The summed E-state index contributed by atoms with van der Waals surface area (Å²) >= 11 is 0. The summed E-state index contributed by atoms with van der Waals surface area (Å²) in [6.45, 7) is 19.3. The number of nitrogens with zero attached hydrogens (tertiary/aromatic N) is 2. The van der Waals surface area contributed by atoms with Gasteiger partial charge in [-0.1, -0.05) is 40.2 Å². The lowest BCUT2D eigenvalue weighted by molar-refractivity contribution is -0.141. The summed E-state index contributed by atoms with van der Waals surface area (Å²) in [7, 11) is 0. The van der Waals surface area contributed by atoms with Gasteiger partial charge in [0.2, 0.25) is 11.8 Å². The number of hydrogen-bond acceptors (Lipinski definition) is 5. The Hall–Kier alpha value is -1.89. The Morgan fingerprint density at radius 2 is 1.70 bits per heavy atom. The Kier molecular flexibility index (Phi) is 12.1. The highest BCUT2D eigenvalue weighted by atomic mass is 16.5. The standard InChI is InChI=1S/C26H47N3O4/c1-10-28(22(17(3)4)16-20(9)26(32)33-11-2)25(31)23(18(5)6)27-24(30)21-14-12-13-15-29(21)19(7)8/h16-19,21-23H,10-15H2,1-9H3,(H,27,30)/b20-16+. The van der Waals surface area contributed by atoms with Gasteiger partial charge in [0.25, 0.3) is 0 Å². The van der Waals surface area contributed by atoms with E-state index in [1.807, 2.05) is 40.7 Å². The monoisotopic (exact) mass is 465 g/mol. The molecule has 0 spiro atoms. The van der Waals surface area contributed by atoms with Crippen molar-refractivity contribution in [2.24, 2.45) is 11.8 Å². The number of likely N-dealkylation sites (tertiary alicyclic amines) is 1. The molecule has 7 heteroatoms. The van der Waals surface area contributed by atoms with Crippen LogP contribution in [0.2, 0.25) is 0 Å². The molecule has 0 radical (unpaired) electrons. The van der Waals surface area contributed by atoms with E-state index in [-0.39, 0.29) is 47.7 Å². The molecule has 7 nitrogen and oxygen atoms in total. The van der Waals surface area contributed by atoms with E-state index in [4.69, 9.17) is 4.74 Å². The molecular weight excluding hydrogens is 418 g/mol. The Morgan fingerprint density at radius 1 is 1.06 bits per heavy atom. The Bertz CT molecular complexity index is 687. The molecule has 0 saturated carbocycles. The van der Waals surface area contributed by atoms with Crippen molar-refractivity contribution in [3.05, 3.63) is 11.6 Å². The average Bonchev–Trinajstić information content (AvgIpc) is 2.76. The van der Waals surface area contributed by atoms with Crippen LogP contribution < -0.4 is 5.32 Å². The Labute approximate surface area is 201 Å². The van der Waals surface area contributed by atoms with Crippen LogP contribution in [-0.2, 0) is 19.1 Å². The van der Waals surface area contributed by atoms with E-state index in [2.05, 4.69) is 24.1 Å². The molecule has 2 amide bonds. The Balaban J connectivity index is 3.14. The van der Waals surface area contributed by atoms with Gasteiger partial charge in [0, 0.05) is 18.2 Å². The quantitative estimate of drug-likeness (QED) is 0.371. The van der Waals surface area contributed by atoms with E-state index in [9.17, 15) is 14.4 Å². The number of piperidine rings is 1. The number of rotatable bonds is 11. The molecule has 0 aromatic heterocycles. The van der Waals surface area contributed by atoms with E-state index < -0.39 is 6.04 Å². The molecule has 3 atom stereocenters. The molecule has 3 unspecified atom stereocenters. The molecule has 1 rings (SSSR count). The zero-order valence-corrected chi connectivity index (χ0v) is 22.3. The lowest BCUT2D eigenvalue weighted by atomic mass is 9.95. The molecule has 1 fully saturated rings. The predicted octanol–water partition coefficient (Wildman–Crippen LogP) is 3.77. The third-order valence-corrected chi connectivity index (χ3v) is 6.43. The number of esters is 1. The first-order valence-corrected chi connectivity index (χ1v) is 12.7. The Morgan fingerprint density at radius 3 is 2.18 bits per heavy atom. The number of likely N-dealkylation sites (N-methyl/N-ethyl adjacent to an activating group) is 1. The second kappa shape index (κ2) is 13.7. The van der Waals surface area contributed by atoms with Crippen molar-refractivity contribution in [1.29, 1.82) is 0 Å². The fraction of sp³-hybridized carbons (Fsp3) is 0.808. The van der Waals surface area contributed by atoms with Gasteiger partial charge in [0.15, 0.2) is 0 Å². The van der Waals surface area contributed by atoms with Crippen LogP contribution in [0.4, 0.5) is 0 Å². The first-order valence-electron chi connectivity index (χ1n) is 12.7. The molecule has 0 aromatic carbocycles. The molecule has 0 aromatic rings. The average molecular weight is 466 g/mol.